The molecule has 1 fully saturated rings. The number of hydrogen-bond acceptors (Lipinski definition) is 5. The van der Waals surface area contributed by atoms with E-state index < -0.39 is 11.1 Å². The average molecular weight is 410 g/mol. The molecule has 2 aliphatic rings. The van der Waals surface area contributed by atoms with Crippen LogP contribution in [0.15, 0.2) is 42.5 Å². The summed E-state index contributed by atoms with van der Waals surface area (Å²) in [7, 11) is 0. The predicted octanol–water partition coefficient (Wildman–Crippen LogP) is 2.58. The number of likely N-dealkylation sites (tertiary alicyclic amines) is 1. The smallest absolute Gasteiger partial charge is 0.253 e. The van der Waals surface area contributed by atoms with Gasteiger partial charge in [-0.25, -0.2) is 0 Å². The van der Waals surface area contributed by atoms with Crippen molar-refractivity contribution in [3.8, 4) is 0 Å². The molecule has 150 valence electrons. The summed E-state index contributed by atoms with van der Waals surface area (Å²) in [5, 5.41) is 0. The first kappa shape index (κ1) is 19.7. The molecule has 0 bridgehead atoms. The topological polar surface area (TPSA) is 94.6 Å². The zero-order valence-electron chi connectivity index (χ0n) is 15.8. The van der Waals surface area contributed by atoms with E-state index in [0.29, 0.717) is 41.8 Å². The van der Waals surface area contributed by atoms with Gasteiger partial charge < -0.3 is 9.45 Å². The fourth-order valence-corrected chi connectivity index (χ4v) is 4.86. The van der Waals surface area contributed by atoms with Gasteiger partial charge in [0.2, 0.25) is 0 Å². The van der Waals surface area contributed by atoms with Crippen molar-refractivity contribution in [1.82, 2.24) is 4.90 Å². The third-order valence-corrected chi connectivity index (χ3v) is 6.42. The molecule has 2 atom stereocenters. The fraction of sp³-hybridized carbons (Fsp3) is 0.318. The van der Waals surface area contributed by atoms with Crippen LogP contribution in [-0.4, -0.2) is 50.0 Å². The molecule has 29 heavy (non-hydrogen) atoms. The molecule has 1 aliphatic heterocycles. The summed E-state index contributed by atoms with van der Waals surface area (Å²) in [6, 6.07) is 11.4. The van der Waals surface area contributed by atoms with Gasteiger partial charge in [-0.05, 0) is 43.4 Å². The summed E-state index contributed by atoms with van der Waals surface area (Å²) in [5.41, 5.74) is 1.69. The highest BCUT2D eigenvalue weighted by Gasteiger charge is 2.30. The molecule has 2 aromatic rings. The van der Waals surface area contributed by atoms with Crippen LogP contribution in [0.1, 0.15) is 61.5 Å². The van der Waals surface area contributed by atoms with Crippen LogP contribution in [-0.2, 0) is 11.1 Å². The number of nitrogens with zero attached hydrogens (tertiary/aromatic N) is 1. The van der Waals surface area contributed by atoms with Crippen molar-refractivity contribution in [2.75, 3.05) is 18.8 Å². The molecule has 0 aromatic heterocycles. The maximum Gasteiger partial charge on any atom is 0.253 e. The van der Waals surface area contributed by atoms with Gasteiger partial charge in [0.15, 0.2) is 11.6 Å². The molecule has 2 unspecified atom stereocenters. The van der Waals surface area contributed by atoms with Gasteiger partial charge in [0.05, 0.1) is 0 Å². The normalized spacial score (nSPS) is 19.9. The lowest BCUT2D eigenvalue weighted by Gasteiger charge is -2.22. The molecule has 1 amide bonds. The molecule has 0 spiro atoms. The van der Waals surface area contributed by atoms with Crippen LogP contribution in [0.3, 0.4) is 0 Å². The molecule has 0 N–H and O–H groups in total. The van der Waals surface area contributed by atoms with Crippen molar-refractivity contribution in [1.29, 1.82) is 0 Å². The Morgan fingerprint density at radius 3 is 2.31 bits per heavy atom. The van der Waals surface area contributed by atoms with E-state index in [1.807, 2.05) is 0 Å². The van der Waals surface area contributed by atoms with E-state index in [9.17, 15) is 23.1 Å². The Hall–Kier alpha value is -2.64. The van der Waals surface area contributed by atoms with Crippen LogP contribution >= 0.6 is 0 Å². The first-order valence-corrected chi connectivity index (χ1v) is 10.9. The lowest BCUT2D eigenvalue weighted by molar-refractivity contribution is 0.0760. The van der Waals surface area contributed by atoms with E-state index in [2.05, 4.69) is 0 Å². The summed E-state index contributed by atoms with van der Waals surface area (Å²) in [5.74, 6) is -0.478. The number of fused-ring (bicyclic) bond motifs is 2. The van der Waals surface area contributed by atoms with Gasteiger partial charge >= 0.3 is 0 Å². The third-order valence-electron chi connectivity index (χ3n) is 5.68. The second-order valence-corrected chi connectivity index (χ2v) is 8.46. The quantitative estimate of drug-likeness (QED) is 0.619. The Morgan fingerprint density at radius 1 is 0.966 bits per heavy atom. The summed E-state index contributed by atoms with van der Waals surface area (Å²) in [6.45, 7) is 1.03. The molecular weight excluding hydrogens is 390 g/mol. The number of amides is 1. The Balaban J connectivity index is 1.58. The van der Waals surface area contributed by atoms with Crippen molar-refractivity contribution in [3.63, 3.8) is 0 Å². The largest absolute Gasteiger partial charge is 0.772 e. The van der Waals surface area contributed by atoms with Gasteiger partial charge in [-0.15, -0.1) is 0 Å². The van der Waals surface area contributed by atoms with Crippen LogP contribution in [0, 0.1) is 5.92 Å². The minimum absolute atomic E-state index is 0.0605. The lowest BCUT2D eigenvalue weighted by Crippen LogP contribution is -2.32. The fourth-order valence-electron chi connectivity index (χ4n) is 4.14. The summed E-state index contributed by atoms with van der Waals surface area (Å²) in [6.07, 6.45) is 2.14. The first-order valence-electron chi connectivity index (χ1n) is 9.63. The SMILES string of the molecule is O=C1c2ccccc2C(=O)c2cc(C(=O)N3CCCC(CS(=O)[O-])CC3)ccc21. The van der Waals surface area contributed by atoms with E-state index in [0.717, 1.165) is 12.8 Å². The van der Waals surface area contributed by atoms with Crippen molar-refractivity contribution >= 4 is 28.6 Å². The molecule has 7 heteroatoms. The minimum Gasteiger partial charge on any atom is -0.772 e. The van der Waals surface area contributed by atoms with Gasteiger partial charge in [0, 0.05) is 46.7 Å². The molecule has 1 heterocycles. The van der Waals surface area contributed by atoms with Gasteiger partial charge in [0.1, 0.15) is 0 Å². The van der Waals surface area contributed by atoms with Crippen LogP contribution in [0.2, 0.25) is 0 Å². The summed E-state index contributed by atoms with van der Waals surface area (Å²) in [4.78, 5) is 40.3. The van der Waals surface area contributed by atoms with Gasteiger partial charge in [-0.1, -0.05) is 35.3 Å². The molecule has 1 saturated heterocycles. The number of rotatable bonds is 3. The summed E-state index contributed by atoms with van der Waals surface area (Å²) >= 11 is -2.08. The zero-order valence-corrected chi connectivity index (χ0v) is 16.6. The van der Waals surface area contributed by atoms with Crippen LogP contribution in [0.4, 0.5) is 0 Å². The number of carbonyl (C=O) groups excluding carboxylic acids is 3. The summed E-state index contributed by atoms with van der Waals surface area (Å²) < 4.78 is 21.9. The molecule has 0 radical (unpaired) electrons. The van der Waals surface area contributed by atoms with E-state index in [-0.39, 0.29) is 34.7 Å². The third kappa shape index (κ3) is 3.80. The molecule has 6 nitrogen and oxygen atoms in total. The van der Waals surface area contributed by atoms with Crippen molar-refractivity contribution < 1.29 is 23.1 Å². The lowest BCUT2D eigenvalue weighted by atomic mass is 9.83. The Labute approximate surface area is 171 Å². The second kappa shape index (κ2) is 8.00. The van der Waals surface area contributed by atoms with Gasteiger partial charge in [-0.3, -0.25) is 18.6 Å². The maximum atomic E-state index is 13.0. The molecule has 4 rings (SSSR count). The highest BCUT2D eigenvalue weighted by atomic mass is 32.2. The van der Waals surface area contributed by atoms with Crippen molar-refractivity contribution in [2.45, 2.75) is 19.3 Å². The molecule has 2 aromatic carbocycles. The monoisotopic (exact) mass is 410 g/mol. The van der Waals surface area contributed by atoms with Crippen LogP contribution in [0.5, 0.6) is 0 Å². The van der Waals surface area contributed by atoms with Crippen molar-refractivity contribution in [2.24, 2.45) is 5.92 Å². The molecule has 0 saturated carbocycles. The Kier molecular flexibility index (Phi) is 5.43. The number of carbonyl (C=O) groups is 3. The average Bonchev–Trinajstić information content (AvgIpc) is 2.96. The van der Waals surface area contributed by atoms with Crippen LogP contribution < -0.4 is 0 Å². The highest BCUT2D eigenvalue weighted by Crippen LogP contribution is 2.28. The van der Waals surface area contributed by atoms with E-state index in [1.165, 1.54) is 6.07 Å². The van der Waals surface area contributed by atoms with Gasteiger partial charge in [0.25, 0.3) is 5.91 Å². The van der Waals surface area contributed by atoms with E-state index in [1.54, 1.807) is 41.3 Å². The van der Waals surface area contributed by atoms with E-state index >= 15 is 0 Å². The first-order chi connectivity index (χ1) is 14.0. The van der Waals surface area contributed by atoms with Gasteiger partial charge in [-0.2, -0.15) is 0 Å². The minimum atomic E-state index is -2.08. The standard InChI is InChI=1S/C22H21NO5S/c24-20-16-5-1-2-6-17(16)21(25)19-12-15(7-8-18(19)20)22(26)23-10-3-4-14(9-11-23)13-29(27)28/h1-2,5-8,12,14H,3-4,9-11,13H2,(H,27,28)/p-1. The number of hydrogen-bond donors (Lipinski definition) is 0. The molecule has 1 aliphatic carbocycles. The highest BCUT2D eigenvalue weighted by molar-refractivity contribution is 7.79. The second-order valence-electron chi connectivity index (χ2n) is 7.52. The maximum absolute atomic E-state index is 13.0. The number of benzene rings is 2. The zero-order chi connectivity index (χ0) is 20.5. The number of ketones is 2. The Morgan fingerprint density at radius 2 is 1.62 bits per heavy atom. The van der Waals surface area contributed by atoms with E-state index in [4.69, 9.17) is 0 Å². The van der Waals surface area contributed by atoms with Crippen molar-refractivity contribution in [3.05, 3.63) is 70.3 Å². The Bertz CT molecular complexity index is 1030. The van der Waals surface area contributed by atoms with Crippen LogP contribution in [0.25, 0.3) is 0 Å². The molecular formula is C22H20NO5S-. The predicted molar refractivity (Wildman–Crippen MR) is 107 cm³/mol.